The number of alkyl halides is 1. The first-order chi connectivity index (χ1) is 5.22. The minimum Gasteiger partial charge on any atom is -0.465 e. The number of carbonyl (C=O) groups excluding carboxylic acids is 1. The topological polar surface area (TPSA) is 52.3 Å². The number of nitrogens with two attached hydrogens (primary N) is 1. The lowest BCUT2D eigenvalue weighted by Crippen LogP contribution is -2.18. The van der Waals surface area contributed by atoms with Crippen LogP contribution >= 0.6 is 11.6 Å². The van der Waals surface area contributed by atoms with Crippen molar-refractivity contribution < 1.29 is 9.53 Å². The minimum atomic E-state index is -0.529. The van der Waals surface area contributed by atoms with Crippen molar-refractivity contribution in [3.63, 3.8) is 0 Å². The average Bonchev–Trinajstić information content (AvgIpc) is 2.00. The molecule has 66 valence electrons. The molecular weight excluding hydrogens is 166 g/mol. The van der Waals surface area contributed by atoms with Crippen molar-refractivity contribution in [3.05, 3.63) is 0 Å². The summed E-state index contributed by atoms with van der Waals surface area (Å²) in [6, 6.07) is 0. The molecule has 0 aliphatic rings. The molecule has 0 aromatic rings. The zero-order chi connectivity index (χ0) is 8.69. The summed E-state index contributed by atoms with van der Waals surface area (Å²) in [6.07, 6.45) is 1.35. The lowest BCUT2D eigenvalue weighted by Gasteiger charge is -2.06. The van der Waals surface area contributed by atoms with Crippen LogP contribution in [0.1, 0.15) is 19.8 Å². The van der Waals surface area contributed by atoms with Crippen molar-refractivity contribution in [2.75, 3.05) is 13.2 Å². The van der Waals surface area contributed by atoms with Gasteiger partial charge in [-0.1, -0.05) is 0 Å². The first-order valence-electron chi connectivity index (χ1n) is 3.73. The molecule has 0 amide bonds. The summed E-state index contributed by atoms with van der Waals surface area (Å²) in [7, 11) is 0. The molecule has 1 unspecified atom stereocenters. The Hall–Kier alpha value is -0.280. The summed E-state index contributed by atoms with van der Waals surface area (Å²) in [5.74, 6) is -0.345. The molecule has 0 heterocycles. The van der Waals surface area contributed by atoms with E-state index >= 15 is 0 Å². The normalized spacial score (nSPS) is 12.6. The highest BCUT2D eigenvalue weighted by Crippen LogP contribution is 2.06. The van der Waals surface area contributed by atoms with Crippen LogP contribution in [-0.2, 0) is 9.53 Å². The maximum atomic E-state index is 10.9. The predicted molar refractivity (Wildman–Crippen MR) is 44.6 cm³/mol. The molecule has 0 aliphatic heterocycles. The zero-order valence-electron chi connectivity index (χ0n) is 6.68. The summed E-state index contributed by atoms with van der Waals surface area (Å²) in [4.78, 5) is 10.9. The van der Waals surface area contributed by atoms with Crippen LogP contribution in [-0.4, -0.2) is 24.5 Å². The summed E-state index contributed by atoms with van der Waals surface area (Å²) >= 11 is 5.66. The third-order valence-electron chi connectivity index (χ3n) is 1.20. The van der Waals surface area contributed by atoms with Crippen LogP contribution < -0.4 is 5.73 Å². The van der Waals surface area contributed by atoms with E-state index in [0.717, 1.165) is 6.42 Å². The monoisotopic (exact) mass is 179 g/mol. The Balaban J connectivity index is 3.46. The van der Waals surface area contributed by atoms with Gasteiger partial charge in [-0.15, -0.1) is 11.6 Å². The number of ether oxygens (including phenoxy) is 1. The van der Waals surface area contributed by atoms with Gasteiger partial charge in [0, 0.05) is 0 Å². The molecule has 0 saturated carbocycles. The van der Waals surface area contributed by atoms with Gasteiger partial charge in [0.05, 0.1) is 6.61 Å². The van der Waals surface area contributed by atoms with E-state index < -0.39 is 5.38 Å². The fourth-order valence-electron chi connectivity index (χ4n) is 0.648. The predicted octanol–water partition coefficient (Wildman–Crippen LogP) is 0.896. The van der Waals surface area contributed by atoms with E-state index in [0.29, 0.717) is 19.6 Å². The fraction of sp³-hybridized carbons (Fsp3) is 0.857. The van der Waals surface area contributed by atoms with Crippen molar-refractivity contribution in [2.45, 2.75) is 25.1 Å². The number of hydrogen-bond acceptors (Lipinski definition) is 3. The molecule has 0 rings (SSSR count). The van der Waals surface area contributed by atoms with E-state index in [1.165, 1.54) is 0 Å². The Morgan fingerprint density at radius 3 is 2.82 bits per heavy atom. The Kier molecular flexibility index (Phi) is 6.27. The first kappa shape index (κ1) is 10.7. The van der Waals surface area contributed by atoms with E-state index in [9.17, 15) is 4.79 Å². The number of esters is 1. The SMILES string of the molecule is CCOC(=O)C(Cl)CCCN. The highest BCUT2D eigenvalue weighted by molar-refractivity contribution is 6.29. The van der Waals surface area contributed by atoms with E-state index in [2.05, 4.69) is 4.74 Å². The van der Waals surface area contributed by atoms with Gasteiger partial charge in [-0.3, -0.25) is 4.79 Å². The Labute approximate surface area is 71.8 Å². The molecule has 0 aromatic carbocycles. The summed E-state index contributed by atoms with van der Waals surface area (Å²) in [5.41, 5.74) is 5.24. The molecule has 1 atom stereocenters. The molecule has 11 heavy (non-hydrogen) atoms. The maximum Gasteiger partial charge on any atom is 0.324 e. The number of rotatable bonds is 5. The van der Waals surface area contributed by atoms with Gasteiger partial charge in [-0.2, -0.15) is 0 Å². The molecule has 0 fully saturated rings. The van der Waals surface area contributed by atoms with Gasteiger partial charge in [0.15, 0.2) is 0 Å². The van der Waals surface area contributed by atoms with Crippen molar-refractivity contribution in [3.8, 4) is 0 Å². The summed E-state index contributed by atoms with van der Waals surface area (Å²) in [6.45, 7) is 2.69. The van der Waals surface area contributed by atoms with Crippen LogP contribution in [0.3, 0.4) is 0 Å². The number of carbonyl (C=O) groups is 1. The van der Waals surface area contributed by atoms with Crippen LogP contribution in [0, 0.1) is 0 Å². The third kappa shape index (κ3) is 5.04. The number of halogens is 1. The van der Waals surface area contributed by atoms with Gasteiger partial charge < -0.3 is 10.5 Å². The van der Waals surface area contributed by atoms with Crippen LogP contribution in [0.25, 0.3) is 0 Å². The fourth-order valence-corrected chi connectivity index (χ4v) is 0.865. The third-order valence-corrected chi connectivity index (χ3v) is 1.60. The number of hydrogen-bond donors (Lipinski definition) is 1. The second kappa shape index (κ2) is 6.43. The van der Waals surface area contributed by atoms with Gasteiger partial charge in [-0.05, 0) is 26.3 Å². The van der Waals surface area contributed by atoms with Crippen molar-refractivity contribution >= 4 is 17.6 Å². The molecule has 2 N–H and O–H groups in total. The molecule has 0 spiro atoms. The van der Waals surface area contributed by atoms with Crippen molar-refractivity contribution in [2.24, 2.45) is 5.73 Å². The molecule has 4 heteroatoms. The van der Waals surface area contributed by atoms with Crippen molar-refractivity contribution in [1.82, 2.24) is 0 Å². The lowest BCUT2D eigenvalue weighted by atomic mass is 10.2. The van der Waals surface area contributed by atoms with E-state index in [1.807, 2.05) is 0 Å². The van der Waals surface area contributed by atoms with E-state index in [1.54, 1.807) is 6.92 Å². The largest absolute Gasteiger partial charge is 0.465 e. The zero-order valence-corrected chi connectivity index (χ0v) is 7.43. The van der Waals surface area contributed by atoms with Gasteiger partial charge >= 0.3 is 5.97 Å². The van der Waals surface area contributed by atoms with Crippen LogP contribution in [0.5, 0.6) is 0 Å². The first-order valence-corrected chi connectivity index (χ1v) is 4.16. The Morgan fingerprint density at radius 1 is 1.73 bits per heavy atom. The molecule has 0 radical (unpaired) electrons. The van der Waals surface area contributed by atoms with Crippen molar-refractivity contribution in [1.29, 1.82) is 0 Å². The standard InChI is InChI=1S/C7H14ClNO2/c1-2-11-7(10)6(8)4-3-5-9/h6H,2-5,9H2,1H3. The van der Waals surface area contributed by atoms with Gasteiger partial charge in [0.1, 0.15) is 5.38 Å². The van der Waals surface area contributed by atoms with Gasteiger partial charge in [0.25, 0.3) is 0 Å². The van der Waals surface area contributed by atoms with Crippen LogP contribution in [0.4, 0.5) is 0 Å². The Bertz CT molecular complexity index is 119. The van der Waals surface area contributed by atoms with Crippen LogP contribution in [0.15, 0.2) is 0 Å². The van der Waals surface area contributed by atoms with Crippen LogP contribution in [0.2, 0.25) is 0 Å². The summed E-state index contributed by atoms with van der Waals surface area (Å²) < 4.78 is 4.69. The molecule has 0 aliphatic carbocycles. The minimum absolute atomic E-state index is 0.345. The average molecular weight is 180 g/mol. The second-order valence-electron chi connectivity index (χ2n) is 2.15. The summed E-state index contributed by atoms with van der Waals surface area (Å²) in [5, 5.41) is -0.529. The van der Waals surface area contributed by atoms with E-state index in [-0.39, 0.29) is 5.97 Å². The second-order valence-corrected chi connectivity index (χ2v) is 2.68. The quantitative estimate of drug-likeness (QED) is 0.504. The lowest BCUT2D eigenvalue weighted by molar-refractivity contribution is -0.142. The molecule has 3 nitrogen and oxygen atoms in total. The maximum absolute atomic E-state index is 10.9. The molecule has 0 saturated heterocycles. The van der Waals surface area contributed by atoms with Gasteiger partial charge in [-0.25, -0.2) is 0 Å². The van der Waals surface area contributed by atoms with E-state index in [4.69, 9.17) is 17.3 Å². The molecule has 0 bridgehead atoms. The highest BCUT2D eigenvalue weighted by atomic mass is 35.5. The highest BCUT2D eigenvalue weighted by Gasteiger charge is 2.14. The van der Waals surface area contributed by atoms with Gasteiger partial charge in [0.2, 0.25) is 0 Å². The Morgan fingerprint density at radius 2 is 2.36 bits per heavy atom. The molecule has 0 aromatic heterocycles. The smallest absolute Gasteiger partial charge is 0.324 e. The molecular formula is C7H14ClNO2.